The molecule has 4 heterocycles. The topological polar surface area (TPSA) is 69.2 Å². The highest BCUT2D eigenvalue weighted by atomic mass is 16.5. The van der Waals surface area contributed by atoms with E-state index in [2.05, 4.69) is 9.88 Å². The summed E-state index contributed by atoms with van der Waals surface area (Å²) in [7, 11) is 0. The standard InChI is InChI=1S/C22H21N3O4/c26-18-14-21(17-13-16-3-2-6-25(16)15-23-17)29-20-5-1-4-19(22(18)20)28-12-9-24-7-10-27-11-8-24/h1-6,13-15H,7-12H2. The number of hydrogen-bond donors (Lipinski definition) is 0. The molecule has 5 rings (SSSR count). The maximum absolute atomic E-state index is 12.9. The molecule has 0 bridgehead atoms. The van der Waals surface area contributed by atoms with E-state index in [1.165, 1.54) is 6.07 Å². The molecule has 0 spiro atoms. The molecular weight excluding hydrogens is 370 g/mol. The van der Waals surface area contributed by atoms with Crippen LogP contribution in [0.15, 0.2) is 64.2 Å². The molecule has 0 N–H and O–H groups in total. The third kappa shape index (κ3) is 3.62. The fourth-order valence-electron chi connectivity index (χ4n) is 3.60. The normalized spacial score (nSPS) is 15.2. The molecular formula is C22H21N3O4. The molecule has 0 atom stereocenters. The van der Waals surface area contributed by atoms with E-state index in [-0.39, 0.29) is 5.43 Å². The highest BCUT2D eigenvalue weighted by molar-refractivity contribution is 5.84. The Morgan fingerprint density at radius 1 is 1.10 bits per heavy atom. The predicted molar refractivity (Wildman–Crippen MR) is 109 cm³/mol. The number of benzene rings is 1. The lowest BCUT2D eigenvalue weighted by atomic mass is 10.2. The number of hydrogen-bond acceptors (Lipinski definition) is 6. The predicted octanol–water partition coefficient (Wildman–Crippen LogP) is 2.82. The molecule has 1 aromatic carbocycles. The molecule has 0 amide bonds. The minimum absolute atomic E-state index is 0.139. The van der Waals surface area contributed by atoms with E-state index >= 15 is 0 Å². The zero-order chi connectivity index (χ0) is 19.6. The van der Waals surface area contributed by atoms with Crippen LogP contribution in [0.3, 0.4) is 0 Å². The van der Waals surface area contributed by atoms with Gasteiger partial charge in [-0.05, 0) is 30.3 Å². The smallest absolute Gasteiger partial charge is 0.197 e. The van der Waals surface area contributed by atoms with Crippen molar-refractivity contribution < 1.29 is 13.9 Å². The Labute approximate surface area is 167 Å². The first-order valence-corrected chi connectivity index (χ1v) is 9.71. The highest BCUT2D eigenvalue weighted by Crippen LogP contribution is 2.27. The summed E-state index contributed by atoms with van der Waals surface area (Å²) in [6.07, 6.45) is 3.63. The van der Waals surface area contributed by atoms with Crippen molar-refractivity contribution in [1.29, 1.82) is 0 Å². The third-order valence-corrected chi connectivity index (χ3v) is 5.16. The molecule has 1 aliphatic rings. The summed E-state index contributed by atoms with van der Waals surface area (Å²) >= 11 is 0. The molecule has 0 aliphatic carbocycles. The first kappa shape index (κ1) is 17.9. The van der Waals surface area contributed by atoms with Gasteiger partial charge in [0.15, 0.2) is 11.2 Å². The van der Waals surface area contributed by atoms with Gasteiger partial charge in [0.25, 0.3) is 0 Å². The van der Waals surface area contributed by atoms with E-state index < -0.39 is 0 Å². The molecule has 7 heteroatoms. The zero-order valence-corrected chi connectivity index (χ0v) is 15.9. The number of morpholine rings is 1. The van der Waals surface area contributed by atoms with Crippen LogP contribution in [0.25, 0.3) is 27.9 Å². The van der Waals surface area contributed by atoms with Crippen LogP contribution in [0.1, 0.15) is 0 Å². The maximum atomic E-state index is 12.9. The van der Waals surface area contributed by atoms with Crippen molar-refractivity contribution in [1.82, 2.24) is 14.3 Å². The van der Waals surface area contributed by atoms with Crippen molar-refractivity contribution in [2.24, 2.45) is 0 Å². The largest absolute Gasteiger partial charge is 0.491 e. The first-order chi connectivity index (χ1) is 14.3. The van der Waals surface area contributed by atoms with Crippen LogP contribution in [0, 0.1) is 0 Å². The molecule has 148 valence electrons. The summed E-state index contributed by atoms with van der Waals surface area (Å²) in [5.74, 6) is 0.989. The van der Waals surface area contributed by atoms with Crippen LogP contribution in [0.5, 0.6) is 5.75 Å². The quantitative estimate of drug-likeness (QED) is 0.521. The molecule has 1 aliphatic heterocycles. The Hall–Kier alpha value is -3.16. The van der Waals surface area contributed by atoms with Crippen molar-refractivity contribution in [3.63, 3.8) is 0 Å². The van der Waals surface area contributed by atoms with Crippen LogP contribution in [0.4, 0.5) is 0 Å². The van der Waals surface area contributed by atoms with Gasteiger partial charge in [0.05, 0.1) is 19.5 Å². The molecule has 0 radical (unpaired) electrons. The maximum Gasteiger partial charge on any atom is 0.197 e. The second-order valence-electron chi connectivity index (χ2n) is 7.02. The highest BCUT2D eigenvalue weighted by Gasteiger charge is 2.14. The Bertz CT molecular complexity index is 1210. The molecule has 7 nitrogen and oxygen atoms in total. The number of fused-ring (bicyclic) bond motifs is 2. The second-order valence-corrected chi connectivity index (χ2v) is 7.02. The third-order valence-electron chi connectivity index (χ3n) is 5.16. The van der Waals surface area contributed by atoms with Gasteiger partial charge in [-0.2, -0.15) is 0 Å². The van der Waals surface area contributed by atoms with E-state index in [9.17, 15) is 4.79 Å². The zero-order valence-electron chi connectivity index (χ0n) is 15.9. The fourth-order valence-corrected chi connectivity index (χ4v) is 3.60. The number of ether oxygens (including phenoxy) is 2. The molecule has 29 heavy (non-hydrogen) atoms. The summed E-state index contributed by atoms with van der Waals surface area (Å²) in [5.41, 5.74) is 1.96. The summed E-state index contributed by atoms with van der Waals surface area (Å²) < 4.78 is 19.2. The van der Waals surface area contributed by atoms with Crippen molar-refractivity contribution in [3.05, 3.63) is 65.2 Å². The van der Waals surface area contributed by atoms with Gasteiger partial charge in [0.2, 0.25) is 0 Å². The van der Waals surface area contributed by atoms with Crippen molar-refractivity contribution in [3.8, 4) is 17.2 Å². The lowest BCUT2D eigenvalue weighted by Gasteiger charge is -2.26. The van der Waals surface area contributed by atoms with E-state index in [1.807, 2.05) is 40.9 Å². The van der Waals surface area contributed by atoms with Crippen molar-refractivity contribution in [2.75, 3.05) is 39.5 Å². The van der Waals surface area contributed by atoms with Crippen LogP contribution in [-0.4, -0.2) is 53.7 Å². The van der Waals surface area contributed by atoms with Gasteiger partial charge in [0.1, 0.15) is 29.0 Å². The summed E-state index contributed by atoms with van der Waals surface area (Å²) in [6, 6.07) is 12.7. The monoisotopic (exact) mass is 391 g/mol. The minimum atomic E-state index is -0.139. The molecule has 0 unspecified atom stereocenters. The fraction of sp³-hybridized carbons (Fsp3) is 0.273. The Morgan fingerprint density at radius 2 is 2.00 bits per heavy atom. The van der Waals surface area contributed by atoms with Gasteiger partial charge in [-0.1, -0.05) is 6.07 Å². The SMILES string of the molecule is O=c1cc(-c2cc3cccn3cn2)oc2cccc(OCCN3CCOCC3)c12. The molecule has 0 saturated carbocycles. The first-order valence-electron chi connectivity index (χ1n) is 9.71. The Morgan fingerprint density at radius 3 is 2.90 bits per heavy atom. The average Bonchev–Trinajstić information content (AvgIpc) is 3.22. The molecule has 1 saturated heterocycles. The van der Waals surface area contributed by atoms with Crippen LogP contribution in [0.2, 0.25) is 0 Å². The Kier molecular flexibility index (Phi) is 4.75. The van der Waals surface area contributed by atoms with Gasteiger partial charge in [-0.25, -0.2) is 4.98 Å². The molecule has 3 aromatic heterocycles. The number of rotatable bonds is 5. The van der Waals surface area contributed by atoms with E-state index in [0.717, 1.165) is 38.4 Å². The van der Waals surface area contributed by atoms with Crippen molar-refractivity contribution in [2.45, 2.75) is 0 Å². The molecule has 1 fully saturated rings. The summed E-state index contributed by atoms with van der Waals surface area (Å²) in [5, 5.41) is 0.460. The minimum Gasteiger partial charge on any atom is -0.491 e. The lowest BCUT2D eigenvalue weighted by molar-refractivity contribution is 0.0323. The number of aromatic nitrogens is 2. The van der Waals surface area contributed by atoms with Crippen LogP contribution < -0.4 is 10.2 Å². The van der Waals surface area contributed by atoms with Gasteiger partial charge in [-0.15, -0.1) is 0 Å². The summed E-state index contributed by atoms with van der Waals surface area (Å²) in [4.78, 5) is 19.6. The second kappa shape index (κ2) is 7.69. The van der Waals surface area contributed by atoms with Gasteiger partial charge in [-0.3, -0.25) is 9.69 Å². The van der Waals surface area contributed by atoms with E-state index in [0.29, 0.717) is 34.8 Å². The number of nitrogens with zero attached hydrogens (tertiary/aromatic N) is 3. The lowest BCUT2D eigenvalue weighted by Crippen LogP contribution is -2.38. The van der Waals surface area contributed by atoms with Crippen LogP contribution in [-0.2, 0) is 4.74 Å². The summed E-state index contributed by atoms with van der Waals surface area (Å²) in [6.45, 7) is 4.62. The van der Waals surface area contributed by atoms with Crippen molar-refractivity contribution >= 4 is 16.5 Å². The van der Waals surface area contributed by atoms with Gasteiger partial charge >= 0.3 is 0 Å². The Balaban J connectivity index is 1.42. The van der Waals surface area contributed by atoms with Gasteiger partial charge < -0.3 is 18.3 Å². The van der Waals surface area contributed by atoms with Crippen LogP contribution >= 0.6 is 0 Å². The van der Waals surface area contributed by atoms with Gasteiger partial charge in [0, 0.05) is 37.4 Å². The average molecular weight is 391 g/mol. The van der Waals surface area contributed by atoms with E-state index in [4.69, 9.17) is 13.9 Å². The van der Waals surface area contributed by atoms with E-state index in [1.54, 1.807) is 12.4 Å². The molecule has 4 aromatic rings.